The zero-order valence-corrected chi connectivity index (χ0v) is 11.7. The first-order valence-electron chi connectivity index (χ1n) is 6.71. The Hall–Kier alpha value is -2.62. The Bertz CT molecular complexity index is 676. The number of rotatable bonds is 3. The van der Waals surface area contributed by atoms with E-state index in [0.717, 1.165) is 22.6 Å². The van der Waals surface area contributed by atoms with Gasteiger partial charge in [0.1, 0.15) is 13.2 Å². The Kier molecular flexibility index (Phi) is 3.69. The van der Waals surface area contributed by atoms with Gasteiger partial charge in [-0.05, 0) is 35.4 Å². The van der Waals surface area contributed by atoms with Gasteiger partial charge in [-0.2, -0.15) is 0 Å². The number of phenols is 1. The molecule has 0 fully saturated rings. The molecule has 0 saturated heterocycles. The molecule has 0 radical (unpaired) electrons. The van der Waals surface area contributed by atoms with Gasteiger partial charge in [0.2, 0.25) is 0 Å². The van der Waals surface area contributed by atoms with E-state index in [0.29, 0.717) is 19.0 Å². The van der Waals surface area contributed by atoms with Crippen LogP contribution in [0.25, 0.3) is 12.2 Å². The molecule has 0 amide bonds. The molecule has 1 N–H and O–H groups in total. The highest BCUT2D eigenvalue weighted by atomic mass is 16.6. The maximum absolute atomic E-state index is 9.75. The third-order valence-corrected chi connectivity index (χ3v) is 3.24. The first-order chi connectivity index (χ1) is 10.3. The summed E-state index contributed by atoms with van der Waals surface area (Å²) in [6.45, 7) is 1.17. The molecular formula is C17H16O4. The molecule has 0 atom stereocenters. The second-order valence-electron chi connectivity index (χ2n) is 4.67. The fourth-order valence-electron chi connectivity index (χ4n) is 2.17. The highest BCUT2D eigenvalue weighted by molar-refractivity contribution is 5.72. The van der Waals surface area contributed by atoms with Gasteiger partial charge in [0.15, 0.2) is 23.0 Å². The van der Waals surface area contributed by atoms with E-state index in [4.69, 9.17) is 14.2 Å². The van der Waals surface area contributed by atoms with Crippen LogP contribution in [0.5, 0.6) is 23.0 Å². The third-order valence-electron chi connectivity index (χ3n) is 3.24. The van der Waals surface area contributed by atoms with Crippen LogP contribution in [-0.4, -0.2) is 25.4 Å². The average Bonchev–Trinajstić information content (AvgIpc) is 2.53. The van der Waals surface area contributed by atoms with Crippen molar-refractivity contribution in [3.8, 4) is 23.0 Å². The minimum Gasteiger partial charge on any atom is -0.504 e. The SMILES string of the molecule is COc1ccc(/C=C\c2ccc3c(c2)OCCO3)cc1O. The lowest BCUT2D eigenvalue weighted by Gasteiger charge is -2.18. The number of hydrogen-bond donors (Lipinski definition) is 1. The van der Waals surface area contributed by atoms with E-state index in [1.807, 2.05) is 36.4 Å². The summed E-state index contributed by atoms with van der Waals surface area (Å²) in [6.07, 6.45) is 3.88. The van der Waals surface area contributed by atoms with Crippen molar-refractivity contribution in [2.75, 3.05) is 20.3 Å². The summed E-state index contributed by atoms with van der Waals surface area (Å²) >= 11 is 0. The Labute approximate surface area is 123 Å². The lowest BCUT2D eigenvalue weighted by atomic mass is 10.1. The zero-order chi connectivity index (χ0) is 14.7. The number of aromatic hydroxyl groups is 1. The number of phenolic OH excluding ortho intramolecular Hbond substituents is 1. The van der Waals surface area contributed by atoms with Gasteiger partial charge in [0.25, 0.3) is 0 Å². The number of fused-ring (bicyclic) bond motifs is 1. The van der Waals surface area contributed by atoms with E-state index < -0.39 is 0 Å². The van der Waals surface area contributed by atoms with Crippen molar-refractivity contribution < 1.29 is 19.3 Å². The summed E-state index contributed by atoms with van der Waals surface area (Å²) in [5.74, 6) is 2.13. The van der Waals surface area contributed by atoms with Crippen molar-refractivity contribution in [2.45, 2.75) is 0 Å². The summed E-state index contributed by atoms with van der Waals surface area (Å²) in [7, 11) is 1.53. The Morgan fingerprint density at radius 1 is 0.952 bits per heavy atom. The molecule has 21 heavy (non-hydrogen) atoms. The van der Waals surface area contributed by atoms with E-state index >= 15 is 0 Å². The molecule has 2 aromatic rings. The van der Waals surface area contributed by atoms with Crippen LogP contribution in [0.15, 0.2) is 36.4 Å². The maximum Gasteiger partial charge on any atom is 0.161 e. The average molecular weight is 284 g/mol. The minimum atomic E-state index is 0.127. The van der Waals surface area contributed by atoms with E-state index in [1.54, 1.807) is 12.1 Å². The molecule has 0 bridgehead atoms. The van der Waals surface area contributed by atoms with E-state index in [9.17, 15) is 5.11 Å². The highest BCUT2D eigenvalue weighted by Gasteiger charge is 2.10. The van der Waals surface area contributed by atoms with Crippen LogP contribution >= 0.6 is 0 Å². The first-order valence-corrected chi connectivity index (χ1v) is 6.71. The maximum atomic E-state index is 9.75. The molecule has 0 spiro atoms. The van der Waals surface area contributed by atoms with Crippen LogP contribution in [0.2, 0.25) is 0 Å². The summed E-state index contributed by atoms with van der Waals surface area (Å²) < 4.78 is 16.1. The molecule has 0 saturated carbocycles. The molecule has 1 aliphatic rings. The quantitative estimate of drug-likeness (QED) is 0.878. The summed E-state index contributed by atoms with van der Waals surface area (Å²) in [4.78, 5) is 0. The van der Waals surface area contributed by atoms with Gasteiger partial charge in [-0.1, -0.05) is 24.3 Å². The van der Waals surface area contributed by atoms with Gasteiger partial charge in [-0.3, -0.25) is 0 Å². The fraction of sp³-hybridized carbons (Fsp3) is 0.176. The van der Waals surface area contributed by atoms with Crippen molar-refractivity contribution in [2.24, 2.45) is 0 Å². The third kappa shape index (κ3) is 2.94. The van der Waals surface area contributed by atoms with Crippen LogP contribution in [0.4, 0.5) is 0 Å². The lowest BCUT2D eigenvalue weighted by Crippen LogP contribution is -2.15. The van der Waals surface area contributed by atoms with Gasteiger partial charge >= 0.3 is 0 Å². The van der Waals surface area contributed by atoms with E-state index in [1.165, 1.54) is 7.11 Å². The molecule has 4 heteroatoms. The molecule has 0 aromatic heterocycles. The molecule has 1 aliphatic heterocycles. The summed E-state index contributed by atoms with van der Waals surface area (Å²) in [5, 5.41) is 9.75. The zero-order valence-electron chi connectivity index (χ0n) is 11.7. The first kappa shape index (κ1) is 13.4. The minimum absolute atomic E-state index is 0.127. The van der Waals surface area contributed by atoms with Gasteiger partial charge in [0, 0.05) is 0 Å². The van der Waals surface area contributed by atoms with Gasteiger partial charge in [0.05, 0.1) is 7.11 Å². The smallest absolute Gasteiger partial charge is 0.161 e. The van der Waals surface area contributed by atoms with Crippen LogP contribution < -0.4 is 14.2 Å². The van der Waals surface area contributed by atoms with Gasteiger partial charge in [-0.25, -0.2) is 0 Å². The monoisotopic (exact) mass is 284 g/mol. The summed E-state index contributed by atoms with van der Waals surface area (Å²) in [6, 6.07) is 11.1. The van der Waals surface area contributed by atoms with E-state index in [-0.39, 0.29) is 5.75 Å². The largest absolute Gasteiger partial charge is 0.504 e. The topological polar surface area (TPSA) is 47.9 Å². The van der Waals surface area contributed by atoms with Crippen molar-refractivity contribution in [1.82, 2.24) is 0 Å². The van der Waals surface area contributed by atoms with Crippen molar-refractivity contribution in [3.63, 3.8) is 0 Å². The normalized spacial score (nSPS) is 13.4. The van der Waals surface area contributed by atoms with Crippen molar-refractivity contribution in [3.05, 3.63) is 47.5 Å². The fourth-order valence-corrected chi connectivity index (χ4v) is 2.17. The Balaban J connectivity index is 1.81. The Morgan fingerprint density at radius 2 is 1.62 bits per heavy atom. The Morgan fingerprint density at radius 3 is 2.33 bits per heavy atom. The number of benzene rings is 2. The van der Waals surface area contributed by atoms with E-state index in [2.05, 4.69) is 0 Å². The molecular weight excluding hydrogens is 268 g/mol. The second kappa shape index (κ2) is 5.79. The summed E-state index contributed by atoms with van der Waals surface area (Å²) in [5.41, 5.74) is 1.90. The molecule has 1 heterocycles. The van der Waals surface area contributed by atoms with Crippen molar-refractivity contribution >= 4 is 12.2 Å². The predicted molar refractivity (Wildman–Crippen MR) is 81.0 cm³/mol. The highest BCUT2D eigenvalue weighted by Crippen LogP contribution is 2.31. The molecule has 0 unspecified atom stereocenters. The van der Waals surface area contributed by atoms with Crippen molar-refractivity contribution in [1.29, 1.82) is 0 Å². The standard InChI is InChI=1S/C17H16O4/c1-19-15-6-4-12(10-14(15)18)2-3-13-5-7-16-17(11-13)21-9-8-20-16/h2-7,10-11,18H,8-9H2,1H3/b3-2-. The molecule has 3 rings (SSSR count). The molecule has 108 valence electrons. The second-order valence-corrected chi connectivity index (χ2v) is 4.67. The predicted octanol–water partition coefficient (Wildman–Crippen LogP) is 3.34. The lowest BCUT2D eigenvalue weighted by molar-refractivity contribution is 0.171. The molecule has 0 aliphatic carbocycles. The van der Waals surface area contributed by atoms with Crippen LogP contribution in [0, 0.1) is 0 Å². The van der Waals surface area contributed by atoms with Gasteiger partial charge < -0.3 is 19.3 Å². The number of methoxy groups -OCH3 is 1. The van der Waals surface area contributed by atoms with Crippen LogP contribution in [0.3, 0.4) is 0 Å². The van der Waals surface area contributed by atoms with Gasteiger partial charge in [-0.15, -0.1) is 0 Å². The van der Waals surface area contributed by atoms with Crippen LogP contribution in [0.1, 0.15) is 11.1 Å². The number of ether oxygens (including phenoxy) is 3. The number of hydrogen-bond acceptors (Lipinski definition) is 4. The van der Waals surface area contributed by atoms with Crippen LogP contribution in [-0.2, 0) is 0 Å². The molecule has 4 nitrogen and oxygen atoms in total. The molecule has 2 aromatic carbocycles.